The van der Waals surface area contributed by atoms with Crippen molar-refractivity contribution in [3.63, 3.8) is 0 Å². The van der Waals surface area contributed by atoms with Crippen LogP contribution in [-0.2, 0) is 11.3 Å². The second kappa shape index (κ2) is 9.33. The minimum Gasteiger partial charge on any atom is -0.378 e. The average molecular weight is 419 g/mol. The number of morpholine rings is 1. The molecular weight excluding hydrogens is 384 g/mol. The third-order valence-electron chi connectivity index (χ3n) is 5.78. The largest absolute Gasteiger partial charge is 0.378 e. The third-order valence-corrected chi connectivity index (χ3v) is 5.78. The molecule has 0 spiro atoms. The van der Waals surface area contributed by atoms with Crippen molar-refractivity contribution in [3.05, 3.63) is 65.5 Å². The summed E-state index contributed by atoms with van der Waals surface area (Å²) >= 11 is 0. The van der Waals surface area contributed by atoms with Crippen molar-refractivity contribution in [2.24, 2.45) is 5.41 Å². The van der Waals surface area contributed by atoms with Crippen molar-refractivity contribution in [3.8, 4) is 0 Å². The smallest absolute Gasteiger partial charge is 0.133 e. The van der Waals surface area contributed by atoms with Gasteiger partial charge in [0.05, 0.1) is 18.7 Å². The SMILES string of the molecule is Cc1ccc2cc(CNC(CC(C)(C)C)c3cccnc3)c(N3CCOCC3)nc2c1. The molecule has 31 heavy (non-hydrogen) atoms. The summed E-state index contributed by atoms with van der Waals surface area (Å²) in [6.45, 7) is 13.0. The van der Waals surface area contributed by atoms with Gasteiger partial charge in [0.15, 0.2) is 0 Å². The van der Waals surface area contributed by atoms with Gasteiger partial charge in [-0.1, -0.05) is 39.0 Å². The standard InChI is InChI=1S/C26H34N4O/c1-19-7-8-20-15-22(25(29-23(20)14-19)30-10-12-31-13-11-30)18-28-24(16-26(2,3)4)21-6-5-9-27-17-21/h5-9,14-15,17,24,28H,10-13,16,18H2,1-4H3. The Hall–Kier alpha value is -2.50. The second-order valence-corrected chi connectivity index (χ2v) is 9.75. The number of fused-ring (bicyclic) bond motifs is 1. The van der Waals surface area contributed by atoms with E-state index >= 15 is 0 Å². The highest BCUT2D eigenvalue weighted by Crippen LogP contribution is 2.31. The molecule has 0 radical (unpaired) electrons. The van der Waals surface area contributed by atoms with Crippen LogP contribution in [0, 0.1) is 12.3 Å². The summed E-state index contributed by atoms with van der Waals surface area (Å²) in [6.07, 6.45) is 4.85. The van der Waals surface area contributed by atoms with E-state index in [1.54, 1.807) is 0 Å². The number of hydrogen-bond acceptors (Lipinski definition) is 5. The molecule has 5 nitrogen and oxygen atoms in total. The van der Waals surface area contributed by atoms with Gasteiger partial charge in [-0.25, -0.2) is 4.98 Å². The van der Waals surface area contributed by atoms with Crippen LogP contribution in [0.25, 0.3) is 10.9 Å². The molecule has 1 aliphatic rings. The number of nitrogens with one attached hydrogen (secondary N) is 1. The Labute approximate surface area is 185 Å². The van der Waals surface area contributed by atoms with Gasteiger partial charge in [0.2, 0.25) is 0 Å². The minimum absolute atomic E-state index is 0.208. The van der Waals surface area contributed by atoms with Crippen LogP contribution < -0.4 is 10.2 Å². The Morgan fingerprint density at radius 3 is 2.65 bits per heavy atom. The highest BCUT2D eigenvalue weighted by molar-refractivity contribution is 5.82. The molecule has 0 amide bonds. The molecule has 1 fully saturated rings. The van der Waals surface area contributed by atoms with Gasteiger partial charge in [-0.15, -0.1) is 0 Å². The van der Waals surface area contributed by atoms with E-state index in [2.05, 4.69) is 73.2 Å². The van der Waals surface area contributed by atoms with Crippen molar-refractivity contribution in [2.45, 2.75) is 46.7 Å². The van der Waals surface area contributed by atoms with Crippen molar-refractivity contribution < 1.29 is 4.74 Å². The average Bonchev–Trinajstić information content (AvgIpc) is 2.76. The van der Waals surface area contributed by atoms with E-state index in [1.807, 2.05) is 18.5 Å². The maximum absolute atomic E-state index is 5.59. The fourth-order valence-electron chi connectivity index (χ4n) is 4.23. The van der Waals surface area contributed by atoms with Crippen molar-refractivity contribution in [1.82, 2.24) is 15.3 Å². The molecule has 1 aromatic carbocycles. The lowest BCUT2D eigenvalue weighted by atomic mass is 9.85. The summed E-state index contributed by atoms with van der Waals surface area (Å²) in [5.74, 6) is 1.08. The predicted molar refractivity (Wildman–Crippen MR) is 127 cm³/mol. The van der Waals surface area contributed by atoms with E-state index in [1.165, 1.54) is 22.1 Å². The van der Waals surface area contributed by atoms with E-state index in [0.29, 0.717) is 0 Å². The van der Waals surface area contributed by atoms with Gasteiger partial charge in [-0.05, 0) is 48.1 Å². The van der Waals surface area contributed by atoms with E-state index in [0.717, 1.165) is 50.6 Å². The fourth-order valence-corrected chi connectivity index (χ4v) is 4.23. The topological polar surface area (TPSA) is 50.3 Å². The summed E-state index contributed by atoms with van der Waals surface area (Å²) in [6, 6.07) is 13.2. The zero-order chi connectivity index (χ0) is 21.8. The number of aryl methyl sites for hydroxylation is 1. The van der Waals surface area contributed by atoms with Crippen LogP contribution in [-0.4, -0.2) is 36.3 Å². The molecule has 0 saturated carbocycles. The first-order valence-electron chi connectivity index (χ1n) is 11.3. The summed E-state index contributed by atoms with van der Waals surface area (Å²) in [4.78, 5) is 11.8. The lowest BCUT2D eigenvalue weighted by Gasteiger charge is -2.31. The normalized spacial score (nSPS) is 15.9. The van der Waals surface area contributed by atoms with Gasteiger partial charge in [0.25, 0.3) is 0 Å². The third kappa shape index (κ3) is 5.60. The van der Waals surface area contributed by atoms with Gasteiger partial charge in [-0.2, -0.15) is 0 Å². The van der Waals surface area contributed by atoms with E-state index in [-0.39, 0.29) is 11.5 Å². The van der Waals surface area contributed by atoms with Gasteiger partial charge < -0.3 is 15.0 Å². The molecule has 1 saturated heterocycles. The first kappa shape index (κ1) is 21.7. The van der Waals surface area contributed by atoms with Crippen LogP contribution in [0.4, 0.5) is 5.82 Å². The van der Waals surface area contributed by atoms with Crippen LogP contribution >= 0.6 is 0 Å². The molecule has 0 bridgehead atoms. The molecule has 5 heteroatoms. The first-order valence-corrected chi connectivity index (χ1v) is 11.3. The summed E-state index contributed by atoms with van der Waals surface area (Å²) in [5.41, 5.74) is 4.97. The zero-order valence-corrected chi connectivity index (χ0v) is 19.2. The zero-order valence-electron chi connectivity index (χ0n) is 19.2. The summed E-state index contributed by atoms with van der Waals surface area (Å²) < 4.78 is 5.59. The second-order valence-electron chi connectivity index (χ2n) is 9.75. The maximum atomic E-state index is 5.59. The number of hydrogen-bond donors (Lipinski definition) is 1. The summed E-state index contributed by atoms with van der Waals surface area (Å²) in [5, 5.41) is 5.01. The molecule has 4 rings (SSSR count). The van der Waals surface area contributed by atoms with Crippen molar-refractivity contribution in [1.29, 1.82) is 0 Å². The number of rotatable bonds is 6. The van der Waals surface area contributed by atoms with Crippen LogP contribution in [0.3, 0.4) is 0 Å². The summed E-state index contributed by atoms with van der Waals surface area (Å²) in [7, 11) is 0. The van der Waals surface area contributed by atoms with E-state index in [9.17, 15) is 0 Å². The monoisotopic (exact) mass is 418 g/mol. The molecule has 1 unspecified atom stereocenters. The fraction of sp³-hybridized carbons (Fsp3) is 0.462. The molecule has 1 aliphatic heterocycles. The lowest BCUT2D eigenvalue weighted by Crippen LogP contribution is -2.38. The Morgan fingerprint density at radius 1 is 1.13 bits per heavy atom. The number of benzene rings is 1. The number of aromatic nitrogens is 2. The molecule has 1 N–H and O–H groups in total. The Balaban J connectivity index is 1.65. The molecular formula is C26H34N4O. The van der Waals surface area contributed by atoms with E-state index in [4.69, 9.17) is 9.72 Å². The van der Waals surface area contributed by atoms with Crippen molar-refractivity contribution in [2.75, 3.05) is 31.2 Å². The molecule has 2 aromatic heterocycles. The van der Waals surface area contributed by atoms with Gasteiger partial charge in [-0.3, -0.25) is 4.98 Å². The minimum atomic E-state index is 0.208. The van der Waals surface area contributed by atoms with E-state index < -0.39 is 0 Å². The van der Waals surface area contributed by atoms with Crippen LogP contribution in [0.15, 0.2) is 48.8 Å². The number of nitrogens with zero attached hydrogens (tertiary/aromatic N) is 3. The predicted octanol–water partition coefficient (Wildman–Crippen LogP) is 5.04. The number of ether oxygens (including phenoxy) is 1. The highest BCUT2D eigenvalue weighted by atomic mass is 16.5. The Kier molecular flexibility index (Phi) is 6.54. The van der Waals surface area contributed by atoms with Crippen LogP contribution in [0.1, 0.15) is 49.9 Å². The first-order chi connectivity index (χ1) is 14.9. The molecule has 164 valence electrons. The quantitative estimate of drug-likeness (QED) is 0.608. The number of anilines is 1. The molecule has 0 aliphatic carbocycles. The number of pyridine rings is 2. The van der Waals surface area contributed by atoms with Crippen LogP contribution in [0.5, 0.6) is 0 Å². The van der Waals surface area contributed by atoms with Crippen molar-refractivity contribution >= 4 is 16.7 Å². The Morgan fingerprint density at radius 2 is 1.94 bits per heavy atom. The highest BCUT2D eigenvalue weighted by Gasteiger charge is 2.22. The van der Waals surface area contributed by atoms with Gasteiger partial charge in [0, 0.05) is 49.0 Å². The van der Waals surface area contributed by atoms with Gasteiger partial charge >= 0.3 is 0 Å². The molecule has 3 aromatic rings. The lowest BCUT2D eigenvalue weighted by molar-refractivity contribution is 0.122. The van der Waals surface area contributed by atoms with Gasteiger partial charge in [0.1, 0.15) is 5.82 Å². The maximum Gasteiger partial charge on any atom is 0.133 e. The molecule has 1 atom stereocenters. The van der Waals surface area contributed by atoms with Crippen LogP contribution in [0.2, 0.25) is 0 Å². The Bertz CT molecular complexity index is 1010. The molecule has 3 heterocycles.